The van der Waals surface area contributed by atoms with Crippen molar-refractivity contribution in [2.75, 3.05) is 6.54 Å². The summed E-state index contributed by atoms with van der Waals surface area (Å²) in [5, 5.41) is 16.8. The number of amides is 2. The maximum atomic E-state index is 13.4. The summed E-state index contributed by atoms with van der Waals surface area (Å²) in [5.74, 6) is 0. The fourth-order valence-corrected chi connectivity index (χ4v) is 4.78. The summed E-state index contributed by atoms with van der Waals surface area (Å²) in [4.78, 5) is 15.3. The Kier molecular flexibility index (Phi) is 6.19. The first-order valence-electron chi connectivity index (χ1n) is 11.9. The van der Waals surface area contributed by atoms with Crippen LogP contribution in [0.15, 0.2) is 54.6 Å². The van der Waals surface area contributed by atoms with Crippen LogP contribution in [-0.4, -0.2) is 43.6 Å². The highest BCUT2D eigenvalue weighted by Gasteiger charge is 2.22. The molecule has 4 aromatic rings. The van der Waals surface area contributed by atoms with Gasteiger partial charge in [0.25, 0.3) is 0 Å². The van der Waals surface area contributed by atoms with Gasteiger partial charge in [0, 0.05) is 23.5 Å². The molecule has 0 aliphatic heterocycles. The highest BCUT2D eigenvalue weighted by molar-refractivity contribution is 5.84. The molecule has 0 unspecified atom stereocenters. The van der Waals surface area contributed by atoms with E-state index in [1.165, 1.54) is 30.4 Å². The zero-order valence-corrected chi connectivity index (χ0v) is 19.1. The van der Waals surface area contributed by atoms with Crippen molar-refractivity contribution in [2.45, 2.75) is 58.0 Å². The SMILES string of the molecule is Cc1ccc2c(c1)cc(CN(CCc1ccccc1)C(=O)NC1CCCCC1)c1nnnn12. The third-order valence-corrected chi connectivity index (χ3v) is 6.59. The Morgan fingerprint density at radius 2 is 1.91 bits per heavy atom. The Bertz CT molecular complexity index is 1250. The Hall–Kier alpha value is -3.48. The van der Waals surface area contributed by atoms with E-state index in [1.807, 2.05) is 29.2 Å². The Morgan fingerprint density at radius 1 is 1.09 bits per heavy atom. The molecule has 7 heteroatoms. The lowest BCUT2D eigenvalue weighted by Crippen LogP contribution is -2.46. The molecule has 0 saturated heterocycles. The number of fused-ring (bicyclic) bond motifs is 3. The first kappa shape index (κ1) is 21.4. The predicted octanol–water partition coefficient (Wildman–Crippen LogP) is 4.67. The molecule has 5 rings (SSSR count). The number of pyridine rings is 1. The van der Waals surface area contributed by atoms with E-state index in [2.05, 4.69) is 58.1 Å². The second-order valence-corrected chi connectivity index (χ2v) is 9.09. The van der Waals surface area contributed by atoms with Gasteiger partial charge in [-0.3, -0.25) is 0 Å². The number of aryl methyl sites for hydroxylation is 1. The van der Waals surface area contributed by atoms with E-state index in [0.717, 1.165) is 35.7 Å². The largest absolute Gasteiger partial charge is 0.335 e. The molecule has 0 radical (unpaired) electrons. The van der Waals surface area contributed by atoms with Crippen molar-refractivity contribution in [3.05, 3.63) is 71.3 Å². The van der Waals surface area contributed by atoms with Gasteiger partial charge in [0.15, 0.2) is 5.65 Å². The van der Waals surface area contributed by atoms with Gasteiger partial charge in [-0.05, 0) is 60.4 Å². The molecule has 7 nitrogen and oxygen atoms in total. The summed E-state index contributed by atoms with van der Waals surface area (Å²) in [6.07, 6.45) is 6.55. The second kappa shape index (κ2) is 9.57. The fourth-order valence-electron chi connectivity index (χ4n) is 4.78. The predicted molar refractivity (Wildman–Crippen MR) is 129 cm³/mol. The third kappa shape index (κ3) is 4.82. The van der Waals surface area contributed by atoms with Crippen LogP contribution in [0.25, 0.3) is 16.6 Å². The standard InChI is InChI=1S/C26H30N6O/c1-19-12-13-24-21(16-19)17-22(25-28-29-30-32(24)25)18-31(15-14-20-8-4-2-5-9-20)26(33)27-23-10-6-3-7-11-23/h2,4-5,8-9,12-13,16-17,23H,3,6-7,10-11,14-15,18H2,1H3,(H,27,33). The van der Waals surface area contributed by atoms with Crippen molar-refractivity contribution in [1.82, 2.24) is 30.3 Å². The molecular weight excluding hydrogens is 412 g/mol. The van der Waals surface area contributed by atoms with Gasteiger partial charge in [0.2, 0.25) is 0 Å². The first-order chi connectivity index (χ1) is 16.2. The summed E-state index contributed by atoms with van der Waals surface area (Å²) < 4.78 is 1.78. The molecule has 1 aliphatic rings. The number of hydrogen-bond acceptors (Lipinski definition) is 4. The monoisotopic (exact) mass is 442 g/mol. The van der Waals surface area contributed by atoms with Gasteiger partial charge < -0.3 is 10.2 Å². The number of urea groups is 1. The molecule has 0 spiro atoms. The van der Waals surface area contributed by atoms with Crippen LogP contribution in [0.2, 0.25) is 0 Å². The zero-order valence-electron chi connectivity index (χ0n) is 19.1. The number of hydrogen-bond donors (Lipinski definition) is 1. The van der Waals surface area contributed by atoms with E-state index < -0.39 is 0 Å². The lowest BCUT2D eigenvalue weighted by molar-refractivity contribution is 0.188. The average Bonchev–Trinajstić information content (AvgIpc) is 3.33. The molecule has 1 saturated carbocycles. The number of aromatic nitrogens is 4. The van der Waals surface area contributed by atoms with Gasteiger partial charge >= 0.3 is 6.03 Å². The van der Waals surface area contributed by atoms with E-state index in [9.17, 15) is 4.79 Å². The summed E-state index contributed by atoms with van der Waals surface area (Å²) in [7, 11) is 0. The summed E-state index contributed by atoms with van der Waals surface area (Å²) >= 11 is 0. The van der Waals surface area contributed by atoms with Crippen LogP contribution in [0, 0.1) is 6.92 Å². The van der Waals surface area contributed by atoms with Crippen molar-refractivity contribution in [2.24, 2.45) is 0 Å². The fraction of sp³-hybridized carbons (Fsp3) is 0.385. The van der Waals surface area contributed by atoms with Gasteiger partial charge in [0.1, 0.15) is 0 Å². The summed E-state index contributed by atoms with van der Waals surface area (Å²) in [6, 6.07) is 18.9. The molecule has 170 valence electrons. The summed E-state index contributed by atoms with van der Waals surface area (Å²) in [5.41, 5.74) is 5.01. The number of tetrazole rings is 1. The van der Waals surface area contributed by atoms with Crippen LogP contribution in [0.4, 0.5) is 4.79 Å². The molecule has 2 amide bonds. The van der Waals surface area contributed by atoms with Gasteiger partial charge in [0.05, 0.1) is 12.1 Å². The quantitative estimate of drug-likeness (QED) is 0.471. The van der Waals surface area contributed by atoms with Crippen LogP contribution in [0.5, 0.6) is 0 Å². The number of nitrogens with zero attached hydrogens (tertiary/aromatic N) is 5. The smallest absolute Gasteiger partial charge is 0.317 e. The topological polar surface area (TPSA) is 75.4 Å². The Balaban J connectivity index is 1.44. The highest BCUT2D eigenvalue weighted by Crippen LogP contribution is 2.23. The summed E-state index contributed by atoms with van der Waals surface area (Å²) in [6.45, 7) is 3.16. The minimum Gasteiger partial charge on any atom is -0.335 e. The highest BCUT2D eigenvalue weighted by atomic mass is 16.2. The van der Waals surface area contributed by atoms with E-state index in [1.54, 1.807) is 4.52 Å². The molecule has 2 aromatic heterocycles. The van der Waals surface area contributed by atoms with Crippen molar-refractivity contribution < 1.29 is 4.79 Å². The number of benzene rings is 2. The van der Waals surface area contributed by atoms with Crippen LogP contribution in [0.1, 0.15) is 48.8 Å². The molecule has 33 heavy (non-hydrogen) atoms. The van der Waals surface area contributed by atoms with Gasteiger partial charge in [-0.1, -0.05) is 61.2 Å². The Labute approximate surface area is 193 Å². The number of rotatable bonds is 6. The van der Waals surface area contributed by atoms with Crippen LogP contribution >= 0.6 is 0 Å². The lowest BCUT2D eigenvalue weighted by atomic mass is 9.96. The molecule has 1 aliphatic carbocycles. The number of nitrogens with one attached hydrogen (secondary N) is 1. The van der Waals surface area contributed by atoms with E-state index >= 15 is 0 Å². The van der Waals surface area contributed by atoms with Crippen molar-refractivity contribution in [1.29, 1.82) is 0 Å². The van der Waals surface area contributed by atoms with Crippen molar-refractivity contribution in [3.8, 4) is 0 Å². The third-order valence-electron chi connectivity index (χ3n) is 6.59. The molecule has 0 atom stereocenters. The molecule has 1 fully saturated rings. The number of carbonyl (C=O) groups excluding carboxylic acids is 1. The van der Waals surface area contributed by atoms with Crippen molar-refractivity contribution >= 4 is 22.6 Å². The Morgan fingerprint density at radius 3 is 2.73 bits per heavy atom. The lowest BCUT2D eigenvalue weighted by Gasteiger charge is -2.28. The number of carbonyl (C=O) groups is 1. The average molecular weight is 443 g/mol. The molecule has 2 heterocycles. The van der Waals surface area contributed by atoms with Crippen LogP contribution in [0.3, 0.4) is 0 Å². The van der Waals surface area contributed by atoms with E-state index in [-0.39, 0.29) is 12.1 Å². The zero-order chi connectivity index (χ0) is 22.6. The van der Waals surface area contributed by atoms with Gasteiger partial charge in [-0.15, -0.1) is 5.10 Å². The minimum absolute atomic E-state index is 0.00667. The molecule has 1 N–H and O–H groups in total. The van der Waals surface area contributed by atoms with Gasteiger partial charge in [-0.2, -0.15) is 4.52 Å². The maximum Gasteiger partial charge on any atom is 0.317 e. The van der Waals surface area contributed by atoms with Crippen LogP contribution < -0.4 is 5.32 Å². The molecule has 2 aromatic carbocycles. The first-order valence-corrected chi connectivity index (χ1v) is 11.9. The van der Waals surface area contributed by atoms with Crippen LogP contribution in [-0.2, 0) is 13.0 Å². The molecular formula is C26H30N6O. The van der Waals surface area contributed by atoms with E-state index in [0.29, 0.717) is 18.7 Å². The van der Waals surface area contributed by atoms with E-state index in [4.69, 9.17) is 0 Å². The maximum absolute atomic E-state index is 13.4. The van der Waals surface area contributed by atoms with Crippen molar-refractivity contribution in [3.63, 3.8) is 0 Å². The second-order valence-electron chi connectivity index (χ2n) is 9.09. The normalized spacial score (nSPS) is 14.6. The minimum atomic E-state index is -0.00667. The molecule has 0 bridgehead atoms. The van der Waals surface area contributed by atoms with Gasteiger partial charge in [-0.25, -0.2) is 4.79 Å².